The molecule has 0 heterocycles. The van der Waals surface area contributed by atoms with Crippen molar-refractivity contribution in [3.05, 3.63) is 93.0 Å². The number of hydrogen-bond acceptors (Lipinski definition) is 3. The minimum Gasteiger partial charge on any atom is -0.314 e. The second kappa shape index (κ2) is 9.53. The highest BCUT2D eigenvalue weighted by molar-refractivity contribution is 6.03. The van der Waals surface area contributed by atoms with Crippen molar-refractivity contribution in [2.75, 3.05) is 11.9 Å². The average Bonchev–Trinajstić information content (AvgIpc) is 2.81. The van der Waals surface area contributed by atoms with Crippen LogP contribution < -0.4 is 4.90 Å². The number of anilines is 1. The molecule has 0 saturated carbocycles. The zero-order valence-corrected chi connectivity index (χ0v) is 20.2. The number of alkyl halides is 6. The van der Waals surface area contributed by atoms with E-state index in [1.807, 2.05) is 0 Å². The van der Waals surface area contributed by atoms with Crippen molar-refractivity contribution in [3.8, 4) is 11.1 Å². The summed E-state index contributed by atoms with van der Waals surface area (Å²) in [5.41, 5.74) is -3.89. The Balaban J connectivity index is 2.18. The van der Waals surface area contributed by atoms with E-state index in [1.54, 1.807) is 31.2 Å². The lowest BCUT2D eigenvalue weighted by molar-refractivity contribution is -0.384. The van der Waals surface area contributed by atoms with Crippen LogP contribution in [0.15, 0.2) is 60.7 Å². The number of rotatable bonds is 5. The lowest BCUT2D eigenvalue weighted by Crippen LogP contribution is -2.42. The first kappa shape index (κ1) is 27.7. The van der Waals surface area contributed by atoms with Gasteiger partial charge in [-0.05, 0) is 61.7 Å². The van der Waals surface area contributed by atoms with Gasteiger partial charge in [-0.1, -0.05) is 24.3 Å². The number of non-ortho nitro benzene ring substituents is 1. The highest BCUT2D eigenvalue weighted by Crippen LogP contribution is 2.41. The molecule has 196 valence electrons. The molecule has 0 radical (unpaired) electrons. The topological polar surface area (TPSA) is 63.5 Å². The van der Waals surface area contributed by atoms with Gasteiger partial charge in [-0.15, -0.1) is 0 Å². The van der Waals surface area contributed by atoms with Crippen LogP contribution in [0.2, 0.25) is 0 Å². The van der Waals surface area contributed by atoms with Crippen LogP contribution in [0.1, 0.15) is 36.1 Å². The lowest BCUT2D eigenvalue weighted by atomic mass is 9.81. The first-order valence-corrected chi connectivity index (χ1v) is 10.9. The minimum atomic E-state index is -5.08. The van der Waals surface area contributed by atoms with Gasteiger partial charge >= 0.3 is 12.4 Å². The van der Waals surface area contributed by atoms with Crippen LogP contribution in [0, 0.1) is 17.0 Å². The Morgan fingerprint density at radius 2 is 1.32 bits per heavy atom. The molecular formula is C26H22F6N2O3. The quantitative estimate of drug-likeness (QED) is 0.197. The number of amides is 1. The van der Waals surface area contributed by atoms with Crippen LogP contribution in [0.25, 0.3) is 11.1 Å². The van der Waals surface area contributed by atoms with E-state index in [9.17, 15) is 41.3 Å². The second-order valence-electron chi connectivity index (χ2n) is 9.06. The number of nitrogens with zero attached hydrogens (tertiary/aromatic N) is 2. The molecule has 0 aliphatic rings. The Bertz CT molecular complexity index is 1330. The summed E-state index contributed by atoms with van der Waals surface area (Å²) in [5.74, 6) is -0.865. The van der Waals surface area contributed by atoms with Crippen molar-refractivity contribution < 1.29 is 36.1 Å². The highest BCUT2D eigenvalue weighted by Gasteiger charge is 2.41. The molecule has 11 heteroatoms. The molecule has 0 aliphatic carbocycles. The maximum Gasteiger partial charge on any atom is 0.416 e. The van der Waals surface area contributed by atoms with Gasteiger partial charge in [-0.3, -0.25) is 14.9 Å². The van der Waals surface area contributed by atoms with Gasteiger partial charge in [0.25, 0.3) is 5.69 Å². The number of aryl methyl sites for hydroxylation is 1. The second-order valence-corrected chi connectivity index (χ2v) is 9.06. The Labute approximate surface area is 208 Å². The van der Waals surface area contributed by atoms with Gasteiger partial charge < -0.3 is 4.90 Å². The van der Waals surface area contributed by atoms with Gasteiger partial charge in [0.1, 0.15) is 0 Å². The first-order valence-electron chi connectivity index (χ1n) is 10.9. The fraction of sp³-hybridized carbons (Fsp3) is 0.269. The molecule has 0 fully saturated rings. The summed E-state index contributed by atoms with van der Waals surface area (Å²) in [6.07, 6.45) is -10.2. The summed E-state index contributed by atoms with van der Waals surface area (Å²) in [4.78, 5) is 25.4. The van der Waals surface area contributed by atoms with Crippen LogP contribution >= 0.6 is 0 Å². The van der Waals surface area contributed by atoms with Crippen LogP contribution in [-0.4, -0.2) is 17.9 Å². The standard InChI is InChI=1S/C26H22F6N2O3/c1-15-7-5-6-8-20(15)21-10-9-19(34(36)37)14-22(21)33(4)23(35)24(2,3)16-11-17(25(27,28)29)13-18(12-16)26(30,31)32/h5-14H,1-4H3. The van der Waals surface area contributed by atoms with E-state index in [0.29, 0.717) is 23.3 Å². The molecule has 0 spiro atoms. The van der Waals surface area contributed by atoms with Crippen LogP contribution in [0.3, 0.4) is 0 Å². The zero-order chi connectivity index (χ0) is 27.9. The van der Waals surface area contributed by atoms with E-state index >= 15 is 0 Å². The Morgan fingerprint density at radius 3 is 1.81 bits per heavy atom. The van der Waals surface area contributed by atoms with Crippen molar-refractivity contribution in [2.45, 2.75) is 38.5 Å². The summed E-state index contributed by atoms with van der Waals surface area (Å²) < 4.78 is 80.5. The average molecular weight is 524 g/mol. The molecule has 37 heavy (non-hydrogen) atoms. The SMILES string of the molecule is Cc1ccccc1-c1ccc([N+](=O)[O-])cc1N(C)C(=O)C(C)(C)c1cc(C(F)(F)F)cc(C(F)(F)F)c1. The predicted octanol–water partition coefficient (Wildman–Crippen LogP) is 7.55. The fourth-order valence-corrected chi connectivity index (χ4v) is 3.98. The Morgan fingerprint density at radius 1 is 0.811 bits per heavy atom. The van der Waals surface area contributed by atoms with Gasteiger partial charge in [-0.2, -0.15) is 26.3 Å². The van der Waals surface area contributed by atoms with E-state index < -0.39 is 45.3 Å². The van der Waals surface area contributed by atoms with Crippen molar-refractivity contribution in [1.82, 2.24) is 0 Å². The maximum atomic E-state index is 13.6. The van der Waals surface area contributed by atoms with E-state index in [0.717, 1.165) is 16.5 Å². The number of nitro groups is 1. The summed E-state index contributed by atoms with van der Waals surface area (Å²) >= 11 is 0. The number of hydrogen-bond donors (Lipinski definition) is 0. The van der Waals surface area contributed by atoms with Crippen LogP contribution in [0.4, 0.5) is 37.7 Å². The van der Waals surface area contributed by atoms with E-state index in [-0.39, 0.29) is 17.4 Å². The molecule has 0 aromatic heterocycles. The first-order chi connectivity index (χ1) is 16.9. The lowest BCUT2D eigenvalue weighted by Gasteiger charge is -2.32. The fourth-order valence-electron chi connectivity index (χ4n) is 3.98. The highest BCUT2D eigenvalue weighted by atomic mass is 19.4. The number of halogens is 6. The van der Waals surface area contributed by atoms with E-state index in [1.165, 1.54) is 33.0 Å². The van der Waals surface area contributed by atoms with Gasteiger partial charge in [-0.25, -0.2) is 0 Å². The number of carbonyl (C=O) groups excluding carboxylic acids is 1. The van der Waals surface area contributed by atoms with Gasteiger partial charge in [0.2, 0.25) is 5.91 Å². The van der Waals surface area contributed by atoms with Crippen molar-refractivity contribution in [3.63, 3.8) is 0 Å². The molecule has 3 aromatic rings. The third-order valence-corrected chi connectivity index (χ3v) is 6.14. The minimum absolute atomic E-state index is 0.00931. The van der Waals surface area contributed by atoms with Gasteiger partial charge in [0, 0.05) is 24.7 Å². The summed E-state index contributed by atoms with van der Waals surface area (Å²) in [5, 5.41) is 11.4. The van der Waals surface area contributed by atoms with Crippen LogP contribution in [0.5, 0.6) is 0 Å². The molecule has 0 aliphatic heterocycles. The van der Waals surface area contributed by atoms with Gasteiger partial charge in [0.15, 0.2) is 0 Å². The number of likely N-dealkylation sites (N-methyl/N-ethyl adjacent to an activating group) is 1. The molecule has 0 unspecified atom stereocenters. The molecule has 1 amide bonds. The monoisotopic (exact) mass is 524 g/mol. The Kier molecular flexibility index (Phi) is 7.13. The number of carbonyl (C=O) groups is 1. The normalized spacial score (nSPS) is 12.4. The molecule has 5 nitrogen and oxygen atoms in total. The third kappa shape index (κ3) is 5.60. The molecule has 0 saturated heterocycles. The molecule has 0 N–H and O–H groups in total. The molecule has 3 rings (SSSR count). The van der Waals surface area contributed by atoms with E-state index in [4.69, 9.17) is 0 Å². The molecule has 3 aromatic carbocycles. The van der Waals surface area contributed by atoms with Crippen molar-refractivity contribution in [2.24, 2.45) is 0 Å². The van der Waals surface area contributed by atoms with Crippen molar-refractivity contribution in [1.29, 1.82) is 0 Å². The van der Waals surface area contributed by atoms with Crippen LogP contribution in [-0.2, 0) is 22.6 Å². The summed E-state index contributed by atoms with van der Waals surface area (Å²) in [6, 6.07) is 11.9. The van der Waals surface area contributed by atoms with Gasteiger partial charge in [0.05, 0.1) is 27.2 Å². The molecule has 0 atom stereocenters. The third-order valence-electron chi connectivity index (χ3n) is 6.14. The molecular weight excluding hydrogens is 502 g/mol. The summed E-state index contributed by atoms with van der Waals surface area (Å²) in [6.45, 7) is 4.19. The maximum absolute atomic E-state index is 13.6. The predicted molar refractivity (Wildman–Crippen MR) is 126 cm³/mol. The summed E-state index contributed by atoms with van der Waals surface area (Å²) in [7, 11) is 1.27. The number of nitro benzene ring substituents is 1. The van der Waals surface area contributed by atoms with Crippen molar-refractivity contribution >= 4 is 17.3 Å². The Hall–Kier alpha value is -3.89. The zero-order valence-electron chi connectivity index (χ0n) is 20.2. The van der Waals surface area contributed by atoms with E-state index in [2.05, 4.69) is 0 Å². The molecule has 0 bridgehead atoms. The number of benzene rings is 3. The largest absolute Gasteiger partial charge is 0.416 e. The smallest absolute Gasteiger partial charge is 0.314 e.